The number of carbonyl (C=O) groups is 2. The zero-order valence-electron chi connectivity index (χ0n) is 16.3. The molecule has 0 aliphatic carbocycles. The lowest BCUT2D eigenvalue weighted by molar-refractivity contribution is -0.144. The van der Waals surface area contributed by atoms with Crippen molar-refractivity contribution in [3.8, 4) is 17.2 Å². The number of esters is 1. The molecule has 6 nitrogen and oxygen atoms in total. The van der Waals surface area contributed by atoms with E-state index in [4.69, 9.17) is 4.74 Å². The SMILES string of the molecule is CC(=O)OCC(=O)Nc1cc(C)c(Oc2ccc(O)c(C(C)C)c2)c(C)c1. The average Bonchev–Trinajstić information content (AvgIpc) is 2.57. The van der Waals surface area contributed by atoms with Crippen LogP contribution in [0.15, 0.2) is 30.3 Å². The molecule has 0 bridgehead atoms. The van der Waals surface area contributed by atoms with Crippen LogP contribution >= 0.6 is 0 Å². The zero-order valence-corrected chi connectivity index (χ0v) is 16.3. The third kappa shape index (κ3) is 5.48. The van der Waals surface area contributed by atoms with Gasteiger partial charge in [0.25, 0.3) is 5.91 Å². The van der Waals surface area contributed by atoms with E-state index in [1.54, 1.807) is 24.3 Å². The van der Waals surface area contributed by atoms with Gasteiger partial charge in [0, 0.05) is 18.2 Å². The smallest absolute Gasteiger partial charge is 0.303 e. The molecule has 0 spiro atoms. The van der Waals surface area contributed by atoms with Crippen molar-refractivity contribution in [2.45, 2.75) is 40.5 Å². The first-order valence-corrected chi connectivity index (χ1v) is 8.72. The van der Waals surface area contributed by atoms with Crippen LogP contribution in [0, 0.1) is 13.8 Å². The molecule has 0 radical (unpaired) electrons. The Labute approximate surface area is 159 Å². The molecule has 27 heavy (non-hydrogen) atoms. The second-order valence-electron chi connectivity index (χ2n) is 6.74. The lowest BCUT2D eigenvalue weighted by Crippen LogP contribution is -2.19. The molecule has 0 aliphatic rings. The lowest BCUT2D eigenvalue weighted by Gasteiger charge is -2.16. The van der Waals surface area contributed by atoms with Crippen molar-refractivity contribution in [3.63, 3.8) is 0 Å². The molecule has 0 unspecified atom stereocenters. The predicted octanol–water partition coefficient (Wildman–Crippen LogP) is 4.43. The van der Waals surface area contributed by atoms with E-state index in [1.807, 2.05) is 33.8 Å². The first kappa shape index (κ1) is 20.3. The minimum atomic E-state index is -0.504. The van der Waals surface area contributed by atoms with Crippen molar-refractivity contribution in [1.82, 2.24) is 0 Å². The summed E-state index contributed by atoms with van der Waals surface area (Å²) in [6.07, 6.45) is 0. The van der Waals surface area contributed by atoms with Gasteiger partial charge in [-0.1, -0.05) is 13.8 Å². The molecule has 0 saturated heterocycles. The van der Waals surface area contributed by atoms with Crippen molar-refractivity contribution in [3.05, 3.63) is 47.0 Å². The van der Waals surface area contributed by atoms with E-state index in [0.717, 1.165) is 16.7 Å². The molecular formula is C21H25NO5. The standard InChI is InChI=1S/C21H25NO5/c1-12(2)18-10-17(6-7-19(18)24)27-21-13(3)8-16(9-14(21)4)22-20(25)11-26-15(5)23/h6-10,12,24H,11H2,1-5H3,(H,22,25). The highest BCUT2D eigenvalue weighted by atomic mass is 16.5. The van der Waals surface area contributed by atoms with Gasteiger partial charge in [0.15, 0.2) is 6.61 Å². The molecule has 1 amide bonds. The van der Waals surface area contributed by atoms with E-state index < -0.39 is 11.9 Å². The molecule has 0 aromatic heterocycles. The quantitative estimate of drug-likeness (QED) is 0.734. The molecule has 0 saturated carbocycles. The topological polar surface area (TPSA) is 84.9 Å². The Kier molecular flexibility index (Phi) is 6.45. The van der Waals surface area contributed by atoms with Crippen molar-refractivity contribution in [2.75, 3.05) is 11.9 Å². The highest BCUT2D eigenvalue weighted by molar-refractivity contribution is 5.93. The van der Waals surface area contributed by atoms with Crippen LogP contribution in [0.25, 0.3) is 0 Å². The van der Waals surface area contributed by atoms with E-state index in [1.165, 1.54) is 6.92 Å². The molecule has 0 aliphatic heterocycles. The maximum Gasteiger partial charge on any atom is 0.303 e. The number of phenols is 1. The summed E-state index contributed by atoms with van der Waals surface area (Å²) >= 11 is 0. The minimum Gasteiger partial charge on any atom is -0.508 e. The monoisotopic (exact) mass is 371 g/mol. The van der Waals surface area contributed by atoms with Gasteiger partial charge in [0.1, 0.15) is 17.2 Å². The fraction of sp³-hybridized carbons (Fsp3) is 0.333. The number of amides is 1. The number of aromatic hydroxyl groups is 1. The summed E-state index contributed by atoms with van der Waals surface area (Å²) in [5, 5.41) is 12.6. The maximum atomic E-state index is 11.8. The molecule has 2 aromatic carbocycles. The fourth-order valence-corrected chi connectivity index (χ4v) is 2.72. The van der Waals surface area contributed by atoms with E-state index in [0.29, 0.717) is 17.2 Å². The highest BCUT2D eigenvalue weighted by Gasteiger charge is 2.13. The van der Waals surface area contributed by atoms with Gasteiger partial charge in [-0.2, -0.15) is 0 Å². The Balaban J connectivity index is 2.19. The summed E-state index contributed by atoms with van der Waals surface area (Å²) in [5.74, 6) is 0.832. The van der Waals surface area contributed by atoms with Crippen LogP contribution in [0.5, 0.6) is 17.2 Å². The summed E-state index contributed by atoms with van der Waals surface area (Å²) in [4.78, 5) is 22.6. The Bertz CT molecular complexity index is 835. The normalized spacial score (nSPS) is 10.6. The number of carbonyl (C=O) groups excluding carboxylic acids is 2. The maximum absolute atomic E-state index is 11.8. The number of phenolic OH excluding ortho intramolecular Hbond substituents is 1. The Morgan fingerprint density at radius 2 is 1.74 bits per heavy atom. The molecule has 0 atom stereocenters. The van der Waals surface area contributed by atoms with Gasteiger partial charge >= 0.3 is 5.97 Å². The van der Waals surface area contributed by atoms with Gasteiger partial charge in [0.05, 0.1) is 0 Å². The van der Waals surface area contributed by atoms with Gasteiger partial charge in [-0.3, -0.25) is 9.59 Å². The summed E-state index contributed by atoms with van der Waals surface area (Å²) in [6.45, 7) is 8.70. The average molecular weight is 371 g/mol. The fourth-order valence-electron chi connectivity index (χ4n) is 2.72. The first-order valence-electron chi connectivity index (χ1n) is 8.72. The number of hydrogen-bond donors (Lipinski definition) is 2. The summed E-state index contributed by atoms with van der Waals surface area (Å²) in [5.41, 5.74) is 3.11. The van der Waals surface area contributed by atoms with Gasteiger partial charge < -0.3 is 19.9 Å². The number of aryl methyl sites for hydroxylation is 2. The number of hydrogen-bond acceptors (Lipinski definition) is 5. The predicted molar refractivity (Wildman–Crippen MR) is 103 cm³/mol. The number of nitrogens with one attached hydrogen (secondary N) is 1. The van der Waals surface area contributed by atoms with Crippen molar-refractivity contribution >= 4 is 17.6 Å². The van der Waals surface area contributed by atoms with Crippen molar-refractivity contribution < 1.29 is 24.2 Å². The van der Waals surface area contributed by atoms with Crippen LogP contribution < -0.4 is 10.1 Å². The number of ether oxygens (including phenoxy) is 2. The second kappa shape index (κ2) is 8.58. The van der Waals surface area contributed by atoms with Gasteiger partial charge in [0.2, 0.25) is 0 Å². The summed E-state index contributed by atoms with van der Waals surface area (Å²) in [6, 6.07) is 8.75. The van der Waals surface area contributed by atoms with E-state index in [9.17, 15) is 14.7 Å². The van der Waals surface area contributed by atoms with E-state index >= 15 is 0 Å². The van der Waals surface area contributed by atoms with Crippen LogP contribution in [0.3, 0.4) is 0 Å². The van der Waals surface area contributed by atoms with E-state index in [-0.39, 0.29) is 18.3 Å². The van der Waals surface area contributed by atoms with Gasteiger partial charge in [-0.15, -0.1) is 0 Å². The third-order valence-corrected chi connectivity index (χ3v) is 3.99. The molecule has 2 aromatic rings. The molecule has 2 N–H and O–H groups in total. The Morgan fingerprint density at radius 3 is 2.30 bits per heavy atom. The van der Waals surface area contributed by atoms with Crippen LogP contribution in [0.4, 0.5) is 5.69 Å². The number of anilines is 1. The highest BCUT2D eigenvalue weighted by Crippen LogP contribution is 2.35. The van der Waals surface area contributed by atoms with Crippen molar-refractivity contribution in [2.24, 2.45) is 0 Å². The molecular weight excluding hydrogens is 346 g/mol. The van der Waals surface area contributed by atoms with Crippen LogP contribution in [-0.4, -0.2) is 23.6 Å². The molecule has 0 fully saturated rings. The van der Waals surface area contributed by atoms with Crippen LogP contribution in [0.2, 0.25) is 0 Å². The lowest BCUT2D eigenvalue weighted by atomic mass is 10.0. The molecule has 144 valence electrons. The third-order valence-electron chi connectivity index (χ3n) is 3.99. The number of rotatable bonds is 6. The molecule has 6 heteroatoms. The van der Waals surface area contributed by atoms with Crippen LogP contribution in [-0.2, 0) is 14.3 Å². The largest absolute Gasteiger partial charge is 0.508 e. The minimum absolute atomic E-state index is 0.172. The summed E-state index contributed by atoms with van der Waals surface area (Å²) < 4.78 is 10.7. The first-order chi connectivity index (χ1) is 12.7. The number of benzene rings is 2. The molecule has 2 rings (SSSR count). The van der Waals surface area contributed by atoms with Gasteiger partial charge in [-0.25, -0.2) is 0 Å². The second-order valence-corrected chi connectivity index (χ2v) is 6.74. The zero-order chi connectivity index (χ0) is 20.1. The Morgan fingerprint density at radius 1 is 1.11 bits per heavy atom. The van der Waals surface area contributed by atoms with Gasteiger partial charge in [-0.05, 0) is 61.2 Å². The van der Waals surface area contributed by atoms with E-state index in [2.05, 4.69) is 10.1 Å². The molecule has 0 heterocycles. The summed E-state index contributed by atoms with van der Waals surface area (Å²) in [7, 11) is 0. The Hall–Kier alpha value is -3.02. The van der Waals surface area contributed by atoms with Crippen molar-refractivity contribution in [1.29, 1.82) is 0 Å². The van der Waals surface area contributed by atoms with Crippen LogP contribution in [0.1, 0.15) is 43.4 Å².